The van der Waals surface area contributed by atoms with Crippen LogP contribution >= 0.6 is 23.8 Å². The molecule has 0 aromatic heterocycles. The van der Waals surface area contributed by atoms with Crippen molar-refractivity contribution in [3.05, 3.63) is 70.3 Å². The molecule has 9 heteroatoms. The Kier molecular flexibility index (Phi) is 5.03. The van der Waals surface area contributed by atoms with Crippen LogP contribution in [0.2, 0.25) is 5.02 Å². The molecular weight excluding hydrogens is 401 g/mol. The molecule has 0 atom stereocenters. The summed E-state index contributed by atoms with van der Waals surface area (Å²) < 4.78 is 38.6. The molecule has 1 N–H and O–H groups in total. The summed E-state index contributed by atoms with van der Waals surface area (Å²) in [4.78, 5) is 26.0. The van der Waals surface area contributed by atoms with Crippen molar-refractivity contribution in [2.45, 2.75) is 6.18 Å². The van der Waals surface area contributed by atoms with Crippen molar-refractivity contribution in [1.82, 2.24) is 5.32 Å². The zero-order valence-corrected chi connectivity index (χ0v) is 15.0. The molecule has 1 aliphatic heterocycles. The molecule has 3 rings (SSSR count). The number of halogens is 4. The van der Waals surface area contributed by atoms with E-state index in [9.17, 15) is 22.8 Å². The van der Waals surface area contributed by atoms with Gasteiger partial charge in [0.25, 0.3) is 11.8 Å². The van der Waals surface area contributed by atoms with Gasteiger partial charge in [0.15, 0.2) is 5.11 Å². The quantitative estimate of drug-likeness (QED) is 0.459. The van der Waals surface area contributed by atoms with Crippen molar-refractivity contribution < 1.29 is 22.8 Å². The first-order valence-corrected chi connectivity index (χ1v) is 8.30. The SMILES string of the molecule is O=C1NC(=S)N(c2ccc(Cl)cc2)C(=O)/C1=C/c1cccc(C(F)(F)F)c1. The third-order valence-corrected chi connectivity index (χ3v) is 4.25. The molecule has 1 saturated heterocycles. The average Bonchev–Trinajstić information content (AvgIpc) is 2.60. The van der Waals surface area contributed by atoms with Crippen LogP contribution in [-0.4, -0.2) is 16.9 Å². The fourth-order valence-electron chi connectivity index (χ4n) is 2.45. The Hall–Kier alpha value is -2.71. The Bertz CT molecular complexity index is 971. The van der Waals surface area contributed by atoms with Gasteiger partial charge in [0.2, 0.25) is 0 Å². The van der Waals surface area contributed by atoms with E-state index in [2.05, 4.69) is 5.32 Å². The van der Waals surface area contributed by atoms with E-state index < -0.39 is 23.6 Å². The van der Waals surface area contributed by atoms with Gasteiger partial charge in [0, 0.05) is 5.02 Å². The number of alkyl halides is 3. The molecule has 1 aliphatic rings. The van der Waals surface area contributed by atoms with E-state index in [4.69, 9.17) is 23.8 Å². The summed E-state index contributed by atoms with van der Waals surface area (Å²) in [6, 6.07) is 10.5. The molecule has 2 aromatic carbocycles. The number of nitrogens with zero attached hydrogens (tertiary/aromatic N) is 1. The third-order valence-electron chi connectivity index (χ3n) is 3.71. The van der Waals surface area contributed by atoms with Crippen LogP contribution in [0.1, 0.15) is 11.1 Å². The van der Waals surface area contributed by atoms with E-state index in [0.29, 0.717) is 10.7 Å². The lowest BCUT2D eigenvalue weighted by atomic mass is 10.0. The summed E-state index contributed by atoms with van der Waals surface area (Å²) >= 11 is 10.9. The molecule has 4 nitrogen and oxygen atoms in total. The molecule has 0 radical (unpaired) electrons. The molecule has 0 unspecified atom stereocenters. The van der Waals surface area contributed by atoms with Crippen LogP contribution in [0.5, 0.6) is 0 Å². The summed E-state index contributed by atoms with van der Waals surface area (Å²) in [7, 11) is 0. The lowest BCUT2D eigenvalue weighted by Gasteiger charge is -2.29. The molecule has 0 bridgehead atoms. The second-order valence-electron chi connectivity index (χ2n) is 5.56. The first-order chi connectivity index (χ1) is 12.7. The van der Waals surface area contributed by atoms with Crippen molar-refractivity contribution in [2.75, 3.05) is 4.90 Å². The van der Waals surface area contributed by atoms with Crippen molar-refractivity contribution in [3.63, 3.8) is 0 Å². The third kappa shape index (κ3) is 4.01. The van der Waals surface area contributed by atoms with Crippen molar-refractivity contribution in [1.29, 1.82) is 0 Å². The van der Waals surface area contributed by atoms with Gasteiger partial charge in [-0.05, 0) is 60.3 Å². The van der Waals surface area contributed by atoms with E-state index in [1.54, 1.807) is 12.1 Å². The maximum Gasteiger partial charge on any atom is 0.416 e. The number of thiocarbonyl (C=S) groups is 1. The Balaban J connectivity index is 2.01. The topological polar surface area (TPSA) is 49.4 Å². The molecule has 2 aromatic rings. The molecule has 27 heavy (non-hydrogen) atoms. The molecule has 138 valence electrons. The number of carbonyl (C=O) groups is 2. The van der Waals surface area contributed by atoms with Crippen molar-refractivity contribution in [2.24, 2.45) is 0 Å². The predicted octanol–water partition coefficient (Wildman–Crippen LogP) is 4.19. The van der Waals surface area contributed by atoms with Gasteiger partial charge < -0.3 is 0 Å². The summed E-state index contributed by atoms with van der Waals surface area (Å²) in [5.74, 6) is -1.53. The molecule has 0 aliphatic carbocycles. The highest BCUT2D eigenvalue weighted by Crippen LogP contribution is 2.30. The maximum atomic E-state index is 12.9. The molecule has 0 spiro atoms. The zero-order chi connectivity index (χ0) is 19.8. The Morgan fingerprint density at radius 2 is 1.74 bits per heavy atom. The number of carbonyl (C=O) groups excluding carboxylic acids is 2. The highest BCUT2D eigenvalue weighted by atomic mass is 35.5. The lowest BCUT2D eigenvalue weighted by Crippen LogP contribution is -2.54. The van der Waals surface area contributed by atoms with Gasteiger partial charge in [-0.25, -0.2) is 0 Å². The van der Waals surface area contributed by atoms with Crippen molar-refractivity contribution in [3.8, 4) is 0 Å². The van der Waals surface area contributed by atoms with Gasteiger partial charge in [-0.1, -0.05) is 23.7 Å². The van der Waals surface area contributed by atoms with E-state index >= 15 is 0 Å². The van der Waals surface area contributed by atoms with Crippen LogP contribution in [0, 0.1) is 0 Å². The first kappa shape index (κ1) is 19.1. The fraction of sp³-hybridized carbons (Fsp3) is 0.0556. The van der Waals surface area contributed by atoms with Crippen LogP contribution in [0.15, 0.2) is 54.1 Å². The largest absolute Gasteiger partial charge is 0.416 e. The predicted molar refractivity (Wildman–Crippen MR) is 99.1 cm³/mol. The van der Waals surface area contributed by atoms with Gasteiger partial charge in [-0.3, -0.25) is 19.8 Å². The van der Waals surface area contributed by atoms with Gasteiger partial charge in [0.05, 0.1) is 11.3 Å². The number of rotatable bonds is 2. The molecule has 0 saturated carbocycles. The van der Waals surface area contributed by atoms with Crippen LogP contribution in [0.4, 0.5) is 18.9 Å². The number of hydrogen-bond donors (Lipinski definition) is 1. The highest BCUT2D eigenvalue weighted by Gasteiger charge is 2.35. The van der Waals surface area contributed by atoms with E-state index in [-0.39, 0.29) is 16.2 Å². The zero-order valence-electron chi connectivity index (χ0n) is 13.4. The summed E-state index contributed by atoms with van der Waals surface area (Å²) in [6.45, 7) is 0. The van der Waals surface area contributed by atoms with Crippen molar-refractivity contribution >= 4 is 52.5 Å². The van der Waals surface area contributed by atoms with Gasteiger partial charge in [0.1, 0.15) is 5.57 Å². The van der Waals surface area contributed by atoms with E-state index in [1.165, 1.54) is 24.3 Å². The minimum Gasteiger partial charge on any atom is -0.298 e. The second kappa shape index (κ2) is 7.13. The Labute approximate surface area is 162 Å². The van der Waals surface area contributed by atoms with Gasteiger partial charge in [-0.2, -0.15) is 13.2 Å². The number of amides is 2. The minimum absolute atomic E-state index is 0.0622. The Morgan fingerprint density at radius 3 is 2.37 bits per heavy atom. The lowest BCUT2D eigenvalue weighted by molar-refractivity contribution is -0.137. The number of hydrogen-bond acceptors (Lipinski definition) is 3. The van der Waals surface area contributed by atoms with E-state index in [1.807, 2.05) is 0 Å². The van der Waals surface area contributed by atoms with Gasteiger partial charge >= 0.3 is 6.18 Å². The molecular formula is C18H10ClF3N2O2S. The van der Waals surface area contributed by atoms with Crippen LogP contribution in [0.25, 0.3) is 6.08 Å². The van der Waals surface area contributed by atoms with Crippen LogP contribution < -0.4 is 10.2 Å². The van der Waals surface area contributed by atoms with Crippen LogP contribution in [0.3, 0.4) is 0 Å². The average molecular weight is 411 g/mol. The van der Waals surface area contributed by atoms with Crippen LogP contribution in [-0.2, 0) is 15.8 Å². The Morgan fingerprint density at radius 1 is 1.07 bits per heavy atom. The van der Waals surface area contributed by atoms with E-state index in [0.717, 1.165) is 23.1 Å². The number of nitrogens with one attached hydrogen (secondary N) is 1. The smallest absolute Gasteiger partial charge is 0.298 e. The number of anilines is 1. The monoisotopic (exact) mass is 410 g/mol. The molecule has 2 amide bonds. The first-order valence-electron chi connectivity index (χ1n) is 7.51. The number of benzene rings is 2. The summed E-state index contributed by atoms with van der Waals surface area (Å²) in [5, 5.41) is 2.67. The summed E-state index contributed by atoms with van der Waals surface area (Å²) in [5.41, 5.74) is -0.792. The highest BCUT2D eigenvalue weighted by molar-refractivity contribution is 7.80. The molecule has 1 heterocycles. The maximum absolute atomic E-state index is 12.9. The fourth-order valence-corrected chi connectivity index (χ4v) is 2.86. The minimum atomic E-state index is -4.54. The van der Waals surface area contributed by atoms with Gasteiger partial charge in [-0.15, -0.1) is 0 Å². The normalized spacial score (nSPS) is 16.7. The summed E-state index contributed by atoms with van der Waals surface area (Å²) in [6.07, 6.45) is -3.44. The standard InChI is InChI=1S/C18H10ClF3N2O2S/c19-12-4-6-13(7-5-12)24-16(26)14(15(25)23-17(24)27)9-10-2-1-3-11(8-10)18(20,21)22/h1-9H,(H,23,25,27)/b14-9+. The molecule has 1 fully saturated rings. The second-order valence-corrected chi connectivity index (χ2v) is 6.38.